The van der Waals surface area contributed by atoms with Crippen LogP contribution in [0.25, 0.3) is 0 Å². The van der Waals surface area contributed by atoms with Gasteiger partial charge in [-0.1, -0.05) is 31.9 Å². The quantitative estimate of drug-likeness (QED) is 0.651. The maximum absolute atomic E-state index is 13.4. The van der Waals surface area contributed by atoms with Crippen LogP contribution in [0.15, 0.2) is 40.9 Å². The molecule has 2 rings (SSSR count). The molecular weight excluding hydrogens is 382 g/mol. The molecule has 5 heteroatoms. The molecule has 0 saturated heterocycles. The Bertz CT molecular complexity index is 582. The molecule has 1 unspecified atom stereocenters. The molecule has 2 aromatic carbocycles. The molecule has 0 aliphatic heterocycles. The Morgan fingerprint density at radius 3 is 2.42 bits per heavy atom. The van der Waals surface area contributed by atoms with Crippen molar-refractivity contribution in [3.05, 3.63) is 63.6 Å². The molecule has 2 aromatic rings. The van der Waals surface area contributed by atoms with Crippen molar-refractivity contribution in [2.45, 2.75) is 4.83 Å². The summed E-state index contributed by atoms with van der Waals surface area (Å²) >= 11 is 6.69. The third-order valence-electron chi connectivity index (χ3n) is 2.64. The Kier molecular flexibility index (Phi) is 4.58. The normalized spacial score (nSPS) is 12.3. The van der Waals surface area contributed by atoms with Crippen molar-refractivity contribution in [3.8, 4) is 5.75 Å². The first-order chi connectivity index (χ1) is 9.01. The summed E-state index contributed by atoms with van der Waals surface area (Å²) in [7, 11) is 1.51. The van der Waals surface area contributed by atoms with E-state index in [4.69, 9.17) is 4.74 Å². The number of benzene rings is 2. The molecule has 0 spiro atoms. The van der Waals surface area contributed by atoms with E-state index in [2.05, 4.69) is 31.9 Å². The first-order valence-corrected chi connectivity index (χ1v) is 7.15. The van der Waals surface area contributed by atoms with Crippen LogP contribution in [0.4, 0.5) is 8.78 Å². The molecule has 100 valence electrons. The number of hydrogen-bond donors (Lipinski definition) is 0. The van der Waals surface area contributed by atoms with E-state index >= 15 is 0 Å². The lowest BCUT2D eigenvalue weighted by Crippen LogP contribution is -1.98. The fourth-order valence-corrected chi connectivity index (χ4v) is 2.91. The van der Waals surface area contributed by atoms with Crippen LogP contribution in [0.1, 0.15) is 16.0 Å². The van der Waals surface area contributed by atoms with Gasteiger partial charge in [-0.25, -0.2) is 8.78 Å². The molecule has 0 heterocycles. The molecule has 19 heavy (non-hydrogen) atoms. The van der Waals surface area contributed by atoms with E-state index in [1.54, 1.807) is 12.1 Å². The molecule has 1 nitrogen and oxygen atoms in total. The lowest BCUT2D eigenvalue weighted by molar-refractivity contribution is 0.409. The van der Waals surface area contributed by atoms with E-state index < -0.39 is 0 Å². The molecule has 0 N–H and O–H groups in total. The van der Waals surface area contributed by atoms with Crippen LogP contribution < -0.4 is 4.74 Å². The van der Waals surface area contributed by atoms with Crippen molar-refractivity contribution in [3.63, 3.8) is 0 Å². The second-order valence-corrected chi connectivity index (χ2v) is 5.78. The van der Waals surface area contributed by atoms with Gasteiger partial charge in [0.25, 0.3) is 0 Å². The fraction of sp³-hybridized carbons (Fsp3) is 0.143. The van der Waals surface area contributed by atoms with E-state index in [1.165, 1.54) is 31.4 Å². The van der Waals surface area contributed by atoms with Crippen molar-refractivity contribution < 1.29 is 13.5 Å². The van der Waals surface area contributed by atoms with E-state index in [1.807, 2.05) is 0 Å². The highest BCUT2D eigenvalue weighted by Crippen LogP contribution is 2.38. The van der Waals surface area contributed by atoms with Gasteiger partial charge in [0, 0.05) is 10.0 Å². The van der Waals surface area contributed by atoms with Crippen LogP contribution in [-0.4, -0.2) is 7.11 Å². The van der Waals surface area contributed by atoms with Crippen molar-refractivity contribution in [2.75, 3.05) is 7.11 Å². The second-order valence-electron chi connectivity index (χ2n) is 3.95. The van der Waals surface area contributed by atoms with Gasteiger partial charge in [0.1, 0.15) is 17.4 Å². The van der Waals surface area contributed by atoms with Gasteiger partial charge in [0.2, 0.25) is 0 Å². The summed E-state index contributed by atoms with van der Waals surface area (Å²) in [5, 5.41) is 0. The highest BCUT2D eigenvalue weighted by atomic mass is 79.9. The van der Waals surface area contributed by atoms with Gasteiger partial charge in [-0.2, -0.15) is 0 Å². The Hall–Kier alpha value is -0.940. The number of hydrogen-bond acceptors (Lipinski definition) is 1. The highest BCUT2D eigenvalue weighted by Gasteiger charge is 2.17. The molecule has 0 radical (unpaired) electrons. The standard InChI is InChI=1S/C14H10Br2F2O/c1-19-13-3-2-10(17)7-12(13)14(16)8-4-9(15)6-11(18)5-8/h2-7,14H,1H3. The van der Waals surface area contributed by atoms with Crippen molar-refractivity contribution in [1.82, 2.24) is 0 Å². The molecule has 0 saturated carbocycles. The van der Waals surface area contributed by atoms with E-state index in [0.717, 1.165) is 0 Å². The smallest absolute Gasteiger partial charge is 0.124 e. The maximum Gasteiger partial charge on any atom is 0.124 e. The summed E-state index contributed by atoms with van der Waals surface area (Å²) in [6, 6.07) is 8.78. The second kappa shape index (κ2) is 6.01. The summed E-state index contributed by atoms with van der Waals surface area (Å²) < 4.78 is 32.6. The predicted molar refractivity (Wildman–Crippen MR) is 77.8 cm³/mol. The van der Waals surface area contributed by atoms with Crippen LogP contribution in [0.5, 0.6) is 5.75 Å². The predicted octanol–water partition coefficient (Wildman–Crippen LogP) is 5.22. The molecule has 0 bridgehead atoms. The zero-order valence-electron chi connectivity index (χ0n) is 9.96. The maximum atomic E-state index is 13.4. The summed E-state index contributed by atoms with van der Waals surface area (Å²) in [6.45, 7) is 0. The van der Waals surface area contributed by atoms with Crippen molar-refractivity contribution >= 4 is 31.9 Å². The van der Waals surface area contributed by atoms with Crippen LogP contribution in [0.2, 0.25) is 0 Å². The van der Waals surface area contributed by atoms with Gasteiger partial charge in [0.15, 0.2) is 0 Å². The minimum Gasteiger partial charge on any atom is -0.496 e. The van der Waals surface area contributed by atoms with Crippen molar-refractivity contribution in [2.24, 2.45) is 0 Å². The third-order valence-corrected chi connectivity index (χ3v) is 4.12. The van der Waals surface area contributed by atoms with E-state index in [0.29, 0.717) is 21.3 Å². The molecule has 0 aliphatic carbocycles. The largest absolute Gasteiger partial charge is 0.496 e. The number of ether oxygens (including phenoxy) is 1. The fourth-order valence-electron chi connectivity index (χ4n) is 1.80. The zero-order chi connectivity index (χ0) is 14.0. The lowest BCUT2D eigenvalue weighted by atomic mass is 10.0. The summed E-state index contributed by atoms with van der Waals surface area (Å²) in [5.41, 5.74) is 1.29. The van der Waals surface area contributed by atoms with Gasteiger partial charge >= 0.3 is 0 Å². The minimum atomic E-state index is -0.365. The van der Waals surface area contributed by atoms with Gasteiger partial charge in [-0.05, 0) is 42.0 Å². The van der Waals surface area contributed by atoms with Crippen LogP contribution >= 0.6 is 31.9 Å². The van der Waals surface area contributed by atoms with Crippen LogP contribution in [0.3, 0.4) is 0 Å². The monoisotopic (exact) mass is 390 g/mol. The van der Waals surface area contributed by atoms with Crippen LogP contribution in [-0.2, 0) is 0 Å². The molecule has 0 aromatic heterocycles. The van der Waals surface area contributed by atoms with E-state index in [9.17, 15) is 8.78 Å². The summed E-state index contributed by atoms with van der Waals surface area (Å²) in [5.74, 6) is -0.177. The van der Waals surface area contributed by atoms with Crippen molar-refractivity contribution in [1.29, 1.82) is 0 Å². The number of halogens is 4. The first-order valence-electron chi connectivity index (χ1n) is 5.44. The van der Waals surface area contributed by atoms with Gasteiger partial charge in [0.05, 0.1) is 11.9 Å². The van der Waals surface area contributed by atoms with Gasteiger partial charge < -0.3 is 4.74 Å². The summed E-state index contributed by atoms with van der Waals surface area (Å²) in [6.07, 6.45) is 0. The number of alkyl halides is 1. The minimum absolute atomic E-state index is 0.356. The lowest BCUT2D eigenvalue weighted by Gasteiger charge is -2.15. The Balaban J connectivity index is 2.48. The highest BCUT2D eigenvalue weighted by molar-refractivity contribution is 9.10. The third kappa shape index (κ3) is 3.34. The Morgan fingerprint density at radius 1 is 1.05 bits per heavy atom. The summed E-state index contributed by atoms with van der Waals surface area (Å²) in [4.78, 5) is -0.356. The molecule has 1 atom stereocenters. The van der Waals surface area contributed by atoms with Gasteiger partial charge in [-0.3, -0.25) is 0 Å². The average Bonchev–Trinajstić information content (AvgIpc) is 2.36. The zero-order valence-corrected chi connectivity index (χ0v) is 13.1. The SMILES string of the molecule is COc1ccc(F)cc1C(Br)c1cc(F)cc(Br)c1. The number of methoxy groups -OCH3 is 1. The first kappa shape index (κ1) is 14.5. The van der Waals surface area contributed by atoms with E-state index in [-0.39, 0.29) is 16.5 Å². The molecule has 0 aliphatic rings. The Labute approximate surface area is 126 Å². The topological polar surface area (TPSA) is 9.23 Å². The molecule has 0 amide bonds. The molecule has 0 fully saturated rings. The van der Waals surface area contributed by atoms with Crippen LogP contribution in [0, 0.1) is 11.6 Å². The number of rotatable bonds is 3. The van der Waals surface area contributed by atoms with Gasteiger partial charge in [-0.15, -0.1) is 0 Å². The Morgan fingerprint density at radius 2 is 1.79 bits per heavy atom. The average molecular weight is 392 g/mol. The molecular formula is C14H10Br2F2O.